The van der Waals surface area contributed by atoms with Gasteiger partial charge in [0.15, 0.2) is 5.11 Å². The van der Waals surface area contributed by atoms with Crippen molar-refractivity contribution in [3.05, 3.63) is 53.1 Å². The number of rotatable bonds is 6. The van der Waals surface area contributed by atoms with E-state index >= 15 is 0 Å². The number of halogens is 1. The van der Waals surface area contributed by atoms with Crippen LogP contribution in [0.15, 0.2) is 42.5 Å². The number of carbonyl (C=O) groups excluding carboxylic acids is 2. The van der Waals surface area contributed by atoms with E-state index in [1.165, 1.54) is 45.6 Å². The number of carbonyl (C=O) groups is 2. The topological polar surface area (TPSA) is 79.5 Å². The van der Waals surface area contributed by atoms with Crippen LogP contribution < -0.4 is 20.7 Å². The van der Waals surface area contributed by atoms with Crippen molar-refractivity contribution in [3.8, 4) is 5.75 Å². The number of nitrogens with one attached hydrogen (secondary N) is 3. The zero-order valence-electron chi connectivity index (χ0n) is 19.7. The molecule has 3 N–H and O–H groups in total. The van der Waals surface area contributed by atoms with Gasteiger partial charge in [-0.05, 0) is 98.2 Å². The smallest absolute Gasteiger partial charge is 0.257 e. The summed E-state index contributed by atoms with van der Waals surface area (Å²) in [5.74, 6) is 2.54. The van der Waals surface area contributed by atoms with Crippen molar-refractivity contribution in [1.82, 2.24) is 5.32 Å². The summed E-state index contributed by atoms with van der Waals surface area (Å²) in [6.45, 7) is 0. The maximum absolute atomic E-state index is 12.9. The Morgan fingerprint density at radius 3 is 2.31 bits per heavy atom. The molecular formula is C27H30ClN3O3S. The first-order valence-corrected chi connectivity index (χ1v) is 13.0. The third-order valence-electron chi connectivity index (χ3n) is 7.78. The van der Waals surface area contributed by atoms with Crippen molar-refractivity contribution in [1.29, 1.82) is 0 Å². The summed E-state index contributed by atoms with van der Waals surface area (Å²) in [6.07, 6.45) is 8.18. The predicted octanol–water partition coefficient (Wildman–Crippen LogP) is 6.02. The van der Waals surface area contributed by atoms with Crippen LogP contribution in [0.2, 0.25) is 5.02 Å². The van der Waals surface area contributed by atoms with Gasteiger partial charge in [0.2, 0.25) is 5.91 Å². The van der Waals surface area contributed by atoms with Crippen LogP contribution in [0.25, 0.3) is 0 Å². The molecule has 2 aromatic carbocycles. The fourth-order valence-electron chi connectivity index (χ4n) is 6.89. The maximum atomic E-state index is 12.9. The Morgan fingerprint density at radius 2 is 1.69 bits per heavy atom. The molecule has 0 aromatic heterocycles. The van der Waals surface area contributed by atoms with Gasteiger partial charge < -0.3 is 20.7 Å². The molecule has 8 heteroatoms. The first-order chi connectivity index (χ1) is 16.8. The number of benzene rings is 2. The Morgan fingerprint density at radius 1 is 1.03 bits per heavy atom. The van der Waals surface area contributed by atoms with Gasteiger partial charge in [0.25, 0.3) is 5.91 Å². The van der Waals surface area contributed by atoms with Gasteiger partial charge in [0.05, 0.1) is 23.4 Å². The van der Waals surface area contributed by atoms with Gasteiger partial charge >= 0.3 is 0 Å². The van der Waals surface area contributed by atoms with Crippen LogP contribution >= 0.6 is 23.8 Å². The predicted molar refractivity (Wildman–Crippen MR) is 142 cm³/mol. The molecule has 0 radical (unpaired) electrons. The highest BCUT2D eigenvalue weighted by Gasteiger charge is 2.51. The number of hydrogen-bond acceptors (Lipinski definition) is 4. The fraction of sp³-hybridized carbons (Fsp3) is 0.444. The zero-order chi connectivity index (χ0) is 24.6. The third-order valence-corrected chi connectivity index (χ3v) is 8.31. The van der Waals surface area contributed by atoms with Crippen LogP contribution in [-0.2, 0) is 4.79 Å². The summed E-state index contributed by atoms with van der Waals surface area (Å²) in [5.41, 5.74) is 1.69. The molecule has 6 nitrogen and oxygen atoms in total. The van der Waals surface area contributed by atoms with Gasteiger partial charge in [-0.3, -0.25) is 9.59 Å². The fourth-order valence-corrected chi connectivity index (χ4v) is 7.34. The van der Waals surface area contributed by atoms with E-state index in [9.17, 15) is 9.59 Å². The lowest BCUT2D eigenvalue weighted by atomic mass is 9.49. The van der Waals surface area contributed by atoms with Crippen molar-refractivity contribution in [3.63, 3.8) is 0 Å². The van der Waals surface area contributed by atoms with Gasteiger partial charge in [0, 0.05) is 18.2 Å². The first kappa shape index (κ1) is 24.1. The molecule has 0 saturated heterocycles. The Kier molecular flexibility index (Phi) is 6.73. The molecule has 4 aliphatic rings. The minimum Gasteiger partial charge on any atom is -0.494 e. The van der Waals surface area contributed by atoms with E-state index in [4.69, 9.17) is 28.6 Å². The molecule has 0 heterocycles. The van der Waals surface area contributed by atoms with E-state index in [2.05, 4.69) is 16.0 Å². The summed E-state index contributed by atoms with van der Waals surface area (Å²) in [6, 6.07) is 12.1. The van der Waals surface area contributed by atoms with E-state index in [0.29, 0.717) is 34.1 Å². The Bertz CT molecular complexity index is 1130. The monoisotopic (exact) mass is 511 g/mol. The molecule has 0 spiro atoms. The Balaban J connectivity index is 1.18. The average molecular weight is 512 g/mol. The van der Waals surface area contributed by atoms with Crippen LogP contribution in [0.4, 0.5) is 11.4 Å². The average Bonchev–Trinajstić information content (AvgIpc) is 2.78. The van der Waals surface area contributed by atoms with E-state index in [1.54, 1.807) is 42.5 Å². The zero-order valence-corrected chi connectivity index (χ0v) is 21.3. The summed E-state index contributed by atoms with van der Waals surface area (Å²) >= 11 is 11.5. The number of thiocarbonyl (C=S) groups is 1. The lowest BCUT2D eigenvalue weighted by Crippen LogP contribution is -2.48. The highest BCUT2D eigenvalue weighted by atomic mass is 35.5. The highest BCUT2D eigenvalue weighted by Crippen LogP contribution is 2.61. The van der Waals surface area contributed by atoms with Gasteiger partial charge in [-0.15, -0.1) is 0 Å². The number of methoxy groups -OCH3 is 1. The maximum Gasteiger partial charge on any atom is 0.257 e. The minimum atomic E-state index is -0.331. The largest absolute Gasteiger partial charge is 0.494 e. The molecule has 6 rings (SSSR count). The summed E-state index contributed by atoms with van der Waals surface area (Å²) in [4.78, 5) is 25.5. The number of anilines is 2. The van der Waals surface area contributed by atoms with E-state index in [0.717, 1.165) is 17.8 Å². The van der Waals surface area contributed by atoms with Gasteiger partial charge in [-0.1, -0.05) is 23.7 Å². The quantitative estimate of drug-likeness (QED) is 0.413. The van der Waals surface area contributed by atoms with Crippen LogP contribution in [0, 0.1) is 23.2 Å². The van der Waals surface area contributed by atoms with Crippen LogP contribution in [0.3, 0.4) is 0 Å². The van der Waals surface area contributed by atoms with E-state index in [1.807, 2.05) is 0 Å². The Hall–Kier alpha value is -2.64. The normalized spacial score (nSPS) is 26.2. The van der Waals surface area contributed by atoms with Crippen molar-refractivity contribution < 1.29 is 14.3 Å². The molecular weight excluding hydrogens is 482 g/mol. The van der Waals surface area contributed by atoms with Crippen molar-refractivity contribution in [2.45, 2.75) is 44.9 Å². The second-order valence-electron chi connectivity index (χ2n) is 10.4. The van der Waals surface area contributed by atoms with E-state index in [-0.39, 0.29) is 22.3 Å². The third kappa shape index (κ3) is 5.31. The molecule has 0 unspecified atom stereocenters. The molecule has 4 fully saturated rings. The molecule has 2 aromatic rings. The molecule has 184 valence electrons. The highest BCUT2D eigenvalue weighted by molar-refractivity contribution is 7.80. The van der Waals surface area contributed by atoms with E-state index < -0.39 is 0 Å². The molecule has 2 amide bonds. The lowest BCUT2D eigenvalue weighted by molar-refractivity contribution is -0.127. The molecule has 4 bridgehead atoms. The lowest BCUT2D eigenvalue weighted by Gasteiger charge is -2.56. The summed E-state index contributed by atoms with van der Waals surface area (Å²) in [5, 5.41) is 9.39. The van der Waals surface area contributed by atoms with Crippen LogP contribution in [-0.4, -0.2) is 24.0 Å². The second-order valence-corrected chi connectivity index (χ2v) is 11.3. The number of amides is 2. The Labute approximate surface area is 216 Å². The SMILES string of the molecule is COc1cc(NC(=S)NC(=O)CC23CC4CC(CC(C4)C2)C3)ccc1NC(=O)c1ccccc1Cl. The second kappa shape index (κ2) is 9.78. The van der Waals surface area contributed by atoms with Gasteiger partial charge in [0.1, 0.15) is 5.75 Å². The molecule has 4 aliphatic carbocycles. The molecule has 0 aliphatic heterocycles. The van der Waals surface area contributed by atoms with Crippen molar-refractivity contribution >= 4 is 52.1 Å². The minimum absolute atomic E-state index is 0.0139. The summed E-state index contributed by atoms with van der Waals surface area (Å²) in [7, 11) is 1.52. The molecule has 4 saturated carbocycles. The number of ether oxygens (including phenoxy) is 1. The molecule has 35 heavy (non-hydrogen) atoms. The van der Waals surface area contributed by atoms with Crippen molar-refractivity contribution in [2.24, 2.45) is 23.2 Å². The van der Waals surface area contributed by atoms with Crippen molar-refractivity contribution in [2.75, 3.05) is 17.7 Å². The molecule has 0 atom stereocenters. The van der Waals surface area contributed by atoms with Crippen LogP contribution in [0.1, 0.15) is 55.3 Å². The van der Waals surface area contributed by atoms with Gasteiger partial charge in [-0.25, -0.2) is 0 Å². The van der Waals surface area contributed by atoms with Crippen LogP contribution in [0.5, 0.6) is 5.75 Å². The first-order valence-electron chi connectivity index (χ1n) is 12.2. The standard InChI is InChI=1S/C27H30ClN3O3S/c1-34-23-11-19(6-7-22(23)30-25(33)20-4-2-3-5-21(20)28)29-26(35)31-24(32)15-27-12-16-8-17(13-27)10-18(9-16)14-27/h2-7,11,16-18H,8-10,12-15H2,1H3,(H,30,33)(H2,29,31,32,35). The summed E-state index contributed by atoms with van der Waals surface area (Å²) < 4.78 is 5.46. The van der Waals surface area contributed by atoms with Gasteiger partial charge in [-0.2, -0.15) is 0 Å². The number of hydrogen-bond donors (Lipinski definition) is 3.